The molecule has 2 aromatic rings. The van der Waals surface area contributed by atoms with Crippen LogP contribution >= 0.6 is 23.1 Å². The molecule has 0 saturated carbocycles. The molecule has 0 aliphatic heterocycles. The highest BCUT2D eigenvalue weighted by atomic mass is 32.2. The zero-order valence-electron chi connectivity index (χ0n) is 10.4. The van der Waals surface area contributed by atoms with Gasteiger partial charge in [-0.3, -0.25) is 10.1 Å². The summed E-state index contributed by atoms with van der Waals surface area (Å²) in [7, 11) is 1.69. The van der Waals surface area contributed by atoms with E-state index < -0.39 is 0 Å². The Morgan fingerprint density at radius 2 is 2.26 bits per heavy atom. The molecule has 0 amide bonds. The van der Waals surface area contributed by atoms with Crippen LogP contribution in [0.25, 0.3) is 0 Å². The van der Waals surface area contributed by atoms with Crippen LogP contribution in [0.5, 0.6) is 0 Å². The van der Waals surface area contributed by atoms with Gasteiger partial charge in [-0.15, -0.1) is 10.2 Å². The predicted molar refractivity (Wildman–Crippen MR) is 76.9 cm³/mol. The number of hydrogen-bond acceptors (Lipinski definition) is 7. The summed E-state index contributed by atoms with van der Waals surface area (Å²) >= 11 is 3.04. The summed E-state index contributed by atoms with van der Waals surface area (Å²) in [5.41, 5.74) is 1.53. The van der Waals surface area contributed by atoms with Gasteiger partial charge in [-0.2, -0.15) is 0 Å². The molecular weight excluding hydrogens is 284 g/mol. The predicted octanol–water partition coefficient (Wildman–Crippen LogP) is 3.09. The van der Waals surface area contributed by atoms with Crippen LogP contribution in [0.2, 0.25) is 0 Å². The van der Waals surface area contributed by atoms with E-state index in [9.17, 15) is 10.1 Å². The van der Waals surface area contributed by atoms with Crippen molar-refractivity contribution in [3.8, 4) is 0 Å². The zero-order valence-corrected chi connectivity index (χ0v) is 12.0. The SMILES string of the molecule is CNc1c(CSc2nnc(C)s2)cccc1[N+](=O)[O-]. The number of benzene rings is 1. The standard InChI is InChI=1S/C11H12N4O2S2/c1-7-13-14-11(19-7)18-6-8-4-3-5-9(15(16)17)10(8)12-2/h3-5,12H,6H2,1-2H3. The van der Waals surface area contributed by atoms with E-state index in [1.807, 2.05) is 13.0 Å². The second-order valence-corrected chi connectivity index (χ2v) is 6.10. The molecule has 0 fully saturated rings. The van der Waals surface area contributed by atoms with Crippen LogP contribution in [-0.4, -0.2) is 22.2 Å². The Hall–Kier alpha value is -1.67. The lowest BCUT2D eigenvalue weighted by atomic mass is 10.1. The molecule has 0 bridgehead atoms. The van der Waals surface area contributed by atoms with Gasteiger partial charge in [0.15, 0.2) is 4.34 Å². The van der Waals surface area contributed by atoms with E-state index in [2.05, 4.69) is 15.5 Å². The first-order valence-corrected chi connectivity index (χ1v) is 7.29. The first kappa shape index (κ1) is 13.8. The first-order chi connectivity index (χ1) is 9.11. The van der Waals surface area contributed by atoms with Crippen LogP contribution in [0.3, 0.4) is 0 Å². The number of thioether (sulfide) groups is 1. The van der Waals surface area contributed by atoms with E-state index in [0.29, 0.717) is 11.4 Å². The Morgan fingerprint density at radius 1 is 1.47 bits per heavy atom. The van der Waals surface area contributed by atoms with Crippen molar-refractivity contribution in [2.75, 3.05) is 12.4 Å². The Morgan fingerprint density at radius 3 is 2.84 bits per heavy atom. The van der Waals surface area contributed by atoms with E-state index in [0.717, 1.165) is 14.9 Å². The highest BCUT2D eigenvalue weighted by Crippen LogP contribution is 2.33. The van der Waals surface area contributed by atoms with Crippen molar-refractivity contribution in [3.05, 3.63) is 38.9 Å². The Labute approximate surface area is 118 Å². The minimum atomic E-state index is -0.380. The number of nitro benzene ring substituents is 1. The van der Waals surface area contributed by atoms with Gasteiger partial charge in [0.25, 0.3) is 5.69 Å². The molecule has 0 radical (unpaired) electrons. The molecule has 100 valence electrons. The molecule has 19 heavy (non-hydrogen) atoms. The van der Waals surface area contributed by atoms with Gasteiger partial charge >= 0.3 is 0 Å². The average Bonchev–Trinajstić information content (AvgIpc) is 2.81. The Balaban J connectivity index is 2.20. The first-order valence-electron chi connectivity index (χ1n) is 5.48. The topological polar surface area (TPSA) is 81.0 Å². The van der Waals surface area contributed by atoms with Crippen LogP contribution < -0.4 is 5.32 Å². The molecule has 0 spiro atoms. The molecule has 0 unspecified atom stereocenters. The number of para-hydroxylation sites is 1. The smallest absolute Gasteiger partial charge is 0.292 e. The van der Waals surface area contributed by atoms with Crippen LogP contribution in [-0.2, 0) is 5.75 Å². The maximum atomic E-state index is 10.9. The maximum Gasteiger partial charge on any atom is 0.292 e. The fraction of sp³-hybridized carbons (Fsp3) is 0.273. The molecule has 1 heterocycles. The second-order valence-electron chi connectivity index (χ2n) is 3.69. The largest absolute Gasteiger partial charge is 0.382 e. The zero-order chi connectivity index (χ0) is 13.8. The lowest BCUT2D eigenvalue weighted by molar-refractivity contribution is -0.384. The van der Waals surface area contributed by atoms with E-state index in [1.165, 1.54) is 29.2 Å². The van der Waals surface area contributed by atoms with Crippen LogP contribution in [0.4, 0.5) is 11.4 Å². The molecule has 8 heteroatoms. The minimum Gasteiger partial charge on any atom is -0.382 e. The van der Waals surface area contributed by atoms with Gasteiger partial charge in [-0.05, 0) is 12.5 Å². The lowest BCUT2D eigenvalue weighted by Crippen LogP contribution is -2.00. The molecule has 1 aromatic heterocycles. The number of nitrogens with zero attached hydrogens (tertiary/aromatic N) is 3. The normalized spacial score (nSPS) is 10.4. The van der Waals surface area contributed by atoms with Crippen molar-refractivity contribution in [2.45, 2.75) is 17.0 Å². The van der Waals surface area contributed by atoms with Crippen molar-refractivity contribution in [1.29, 1.82) is 0 Å². The number of rotatable bonds is 5. The highest BCUT2D eigenvalue weighted by molar-refractivity contribution is 8.00. The minimum absolute atomic E-state index is 0.0917. The number of hydrogen-bond donors (Lipinski definition) is 1. The van der Waals surface area contributed by atoms with E-state index in [1.54, 1.807) is 13.1 Å². The number of aryl methyl sites for hydroxylation is 1. The second kappa shape index (κ2) is 5.98. The molecule has 1 aromatic carbocycles. The van der Waals surface area contributed by atoms with Gasteiger partial charge in [0.1, 0.15) is 10.7 Å². The molecular formula is C11H12N4O2S2. The number of nitrogens with one attached hydrogen (secondary N) is 1. The average molecular weight is 296 g/mol. The third-order valence-corrected chi connectivity index (χ3v) is 4.45. The van der Waals surface area contributed by atoms with Crippen LogP contribution in [0.15, 0.2) is 22.5 Å². The van der Waals surface area contributed by atoms with E-state index in [4.69, 9.17) is 0 Å². The van der Waals surface area contributed by atoms with Crippen molar-refractivity contribution < 1.29 is 4.92 Å². The van der Waals surface area contributed by atoms with Gasteiger partial charge < -0.3 is 5.32 Å². The van der Waals surface area contributed by atoms with Crippen molar-refractivity contribution in [1.82, 2.24) is 10.2 Å². The van der Waals surface area contributed by atoms with Gasteiger partial charge in [-0.25, -0.2) is 0 Å². The monoisotopic (exact) mass is 296 g/mol. The summed E-state index contributed by atoms with van der Waals surface area (Å²) in [5, 5.41) is 22.7. The number of aromatic nitrogens is 2. The quantitative estimate of drug-likeness (QED) is 0.519. The molecule has 6 nitrogen and oxygen atoms in total. The van der Waals surface area contributed by atoms with Gasteiger partial charge in [0.05, 0.1) is 4.92 Å². The van der Waals surface area contributed by atoms with Gasteiger partial charge in [0.2, 0.25) is 0 Å². The molecule has 1 N–H and O–H groups in total. The number of nitro groups is 1. The summed E-state index contributed by atoms with van der Waals surface area (Å²) in [6, 6.07) is 5.06. The van der Waals surface area contributed by atoms with Crippen LogP contribution in [0, 0.1) is 17.0 Å². The van der Waals surface area contributed by atoms with Crippen molar-refractivity contribution in [3.63, 3.8) is 0 Å². The molecule has 0 aliphatic carbocycles. The van der Waals surface area contributed by atoms with E-state index in [-0.39, 0.29) is 10.6 Å². The maximum absolute atomic E-state index is 10.9. The highest BCUT2D eigenvalue weighted by Gasteiger charge is 2.16. The van der Waals surface area contributed by atoms with E-state index >= 15 is 0 Å². The molecule has 0 atom stereocenters. The summed E-state index contributed by atoms with van der Waals surface area (Å²) in [5.74, 6) is 0.618. The molecule has 2 rings (SSSR count). The molecule has 0 aliphatic rings. The van der Waals surface area contributed by atoms with Crippen molar-refractivity contribution >= 4 is 34.5 Å². The summed E-state index contributed by atoms with van der Waals surface area (Å²) in [6.45, 7) is 1.90. The summed E-state index contributed by atoms with van der Waals surface area (Å²) < 4.78 is 0.867. The fourth-order valence-corrected chi connectivity index (χ4v) is 3.43. The third kappa shape index (κ3) is 3.21. The molecule has 0 saturated heterocycles. The fourth-order valence-electron chi connectivity index (χ4n) is 1.62. The third-order valence-electron chi connectivity index (χ3n) is 2.43. The summed E-state index contributed by atoms with van der Waals surface area (Å²) in [4.78, 5) is 10.6. The lowest BCUT2D eigenvalue weighted by Gasteiger charge is -2.08. The van der Waals surface area contributed by atoms with Gasteiger partial charge in [0, 0.05) is 18.9 Å². The Bertz CT molecular complexity index is 600. The Kier molecular flexibility index (Phi) is 4.33. The van der Waals surface area contributed by atoms with Gasteiger partial charge in [-0.1, -0.05) is 35.2 Å². The summed E-state index contributed by atoms with van der Waals surface area (Å²) in [6.07, 6.45) is 0. The van der Waals surface area contributed by atoms with Crippen LogP contribution in [0.1, 0.15) is 10.6 Å². The number of anilines is 1. The van der Waals surface area contributed by atoms with Crippen molar-refractivity contribution in [2.24, 2.45) is 0 Å².